The quantitative estimate of drug-likeness (QED) is 0.515. The first kappa shape index (κ1) is 19.9. The lowest BCUT2D eigenvalue weighted by Crippen LogP contribution is -2.18. The van der Waals surface area contributed by atoms with Crippen LogP contribution >= 0.6 is 23.2 Å². The minimum atomic E-state index is -0.638. The van der Waals surface area contributed by atoms with E-state index in [1.807, 2.05) is 19.9 Å². The van der Waals surface area contributed by atoms with E-state index in [4.69, 9.17) is 32.7 Å². The molecule has 2 aromatic rings. The van der Waals surface area contributed by atoms with Crippen molar-refractivity contribution in [3.8, 4) is 0 Å². The summed E-state index contributed by atoms with van der Waals surface area (Å²) in [7, 11) is 0. The van der Waals surface area contributed by atoms with Gasteiger partial charge in [-0.2, -0.15) is 0 Å². The van der Waals surface area contributed by atoms with Gasteiger partial charge < -0.3 is 14.0 Å². The molecule has 2 heterocycles. The highest BCUT2D eigenvalue weighted by Gasteiger charge is 2.22. The Hall–Kier alpha value is -1.82. The molecule has 0 spiro atoms. The Morgan fingerprint density at radius 3 is 2.52 bits per heavy atom. The first-order valence-corrected chi connectivity index (χ1v) is 9.55. The SMILES string of the molecule is Cc1cc(C(=O)COC(=O)c2cc(Cl)cc(Cl)c2)c(C)n1CC1CCCO1. The normalized spacial score (nSPS) is 16.5. The molecule has 1 unspecified atom stereocenters. The third-order valence-corrected chi connectivity index (χ3v) is 5.15. The number of nitrogens with zero attached hydrogens (tertiary/aromatic N) is 1. The van der Waals surface area contributed by atoms with Crippen LogP contribution in [-0.2, 0) is 16.0 Å². The topological polar surface area (TPSA) is 57.5 Å². The van der Waals surface area contributed by atoms with Gasteiger partial charge in [0, 0.05) is 40.1 Å². The fourth-order valence-electron chi connectivity index (χ4n) is 3.32. The lowest BCUT2D eigenvalue weighted by atomic mass is 10.1. The summed E-state index contributed by atoms with van der Waals surface area (Å²) in [6, 6.07) is 6.26. The van der Waals surface area contributed by atoms with Gasteiger partial charge in [0.25, 0.3) is 0 Å². The number of halogens is 2. The molecule has 0 bridgehead atoms. The summed E-state index contributed by atoms with van der Waals surface area (Å²) >= 11 is 11.8. The van der Waals surface area contributed by atoms with Crippen molar-refractivity contribution in [3.63, 3.8) is 0 Å². The zero-order valence-electron chi connectivity index (χ0n) is 15.3. The van der Waals surface area contributed by atoms with Crippen LogP contribution in [0.1, 0.15) is 44.9 Å². The molecule has 1 atom stereocenters. The number of rotatable bonds is 6. The molecule has 0 amide bonds. The first-order chi connectivity index (χ1) is 12.8. The number of ether oxygens (including phenoxy) is 2. The van der Waals surface area contributed by atoms with E-state index in [1.54, 1.807) is 0 Å². The number of hydrogen-bond acceptors (Lipinski definition) is 4. The largest absolute Gasteiger partial charge is 0.454 e. The lowest BCUT2D eigenvalue weighted by Gasteiger charge is -2.14. The van der Waals surface area contributed by atoms with E-state index in [-0.39, 0.29) is 24.1 Å². The van der Waals surface area contributed by atoms with Crippen molar-refractivity contribution in [3.05, 3.63) is 56.8 Å². The van der Waals surface area contributed by atoms with Crippen LogP contribution < -0.4 is 0 Å². The van der Waals surface area contributed by atoms with E-state index >= 15 is 0 Å². The smallest absolute Gasteiger partial charge is 0.338 e. The summed E-state index contributed by atoms with van der Waals surface area (Å²) in [5.41, 5.74) is 2.61. The Balaban J connectivity index is 1.66. The van der Waals surface area contributed by atoms with Crippen molar-refractivity contribution in [2.45, 2.75) is 39.3 Å². The fraction of sp³-hybridized carbons (Fsp3) is 0.400. The van der Waals surface area contributed by atoms with Gasteiger partial charge in [-0.1, -0.05) is 23.2 Å². The number of aromatic nitrogens is 1. The summed E-state index contributed by atoms with van der Waals surface area (Å²) in [6.45, 7) is 5.03. The highest BCUT2D eigenvalue weighted by atomic mass is 35.5. The van der Waals surface area contributed by atoms with Crippen LogP contribution in [0.3, 0.4) is 0 Å². The highest BCUT2D eigenvalue weighted by molar-refractivity contribution is 6.35. The van der Waals surface area contributed by atoms with Crippen LogP contribution in [0.5, 0.6) is 0 Å². The number of Topliss-reactive ketones (excluding diaryl/α,β-unsaturated/α-hetero) is 1. The molecule has 7 heteroatoms. The average Bonchev–Trinajstić information content (AvgIpc) is 3.22. The van der Waals surface area contributed by atoms with Crippen molar-refractivity contribution < 1.29 is 19.1 Å². The molecule has 5 nitrogen and oxygen atoms in total. The molecule has 1 fully saturated rings. The van der Waals surface area contributed by atoms with Crippen LogP contribution in [0.4, 0.5) is 0 Å². The molecule has 0 radical (unpaired) electrons. The summed E-state index contributed by atoms with van der Waals surface area (Å²) < 4.78 is 12.9. The zero-order chi connectivity index (χ0) is 19.6. The summed E-state index contributed by atoms with van der Waals surface area (Å²) in [6.07, 6.45) is 2.28. The molecule has 144 valence electrons. The number of ketones is 1. The molecule has 1 aliphatic heterocycles. The Kier molecular flexibility index (Phi) is 6.25. The maximum Gasteiger partial charge on any atom is 0.338 e. The average molecular weight is 410 g/mol. The van der Waals surface area contributed by atoms with Crippen molar-refractivity contribution >= 4 is 35.0 Å². The van der Waals surface area contributed by atoms with E-state index in [2.05, 4.69) is 4.57 Å². The molecule has 1 saturated heterocycles. The van der Waals surface area contributed by atoms with Gasteiger partial charge in [-0.25, -0.2) is 4.79 Å². The number of benzene rings is 1. The Labute approximate surface area is 168 Å². The minimum Gasteiger partial charge on any atom is -0.454 e. The van der Waals surface area contributed by atoms with Crippen LogP contribution in [0.25, 0.3) is 0 Å². The Morgan fingerprint density at radius 2 is 1.89 bits per heavy atom. The van der Waals surface area contributed by atoms with Crippen LogP contribution in [0, 0.1) is 13.8 Å². The van der Waals surface area contributed by atoms with Gasteiger partial charge in [-0.3, -0.25) is 4.79 Å². The highest BCUT2D eigenvalue weighted by Crippen LogP contribution is 2.22. The van der Waals surface area contributed by atoms with Crippen LogP contribution in [-0.4, -0.2) is 35.6 Å². The molecule has 1 aromatic heterocycles. The van der Waals surface area contributed by atoms with Crippen molar-refractivity contribution in [2.75, 3.05) is 13.2 Å². The van der Waals surface area contributed by atoms with Gasteiger partial charge in [0.15, 0.2) is 6.61 Å². The standard InChI is InChI=1S/C20H21Cl2NO4/c1-12-6-18(13(2)23(12)10-17-4-3-5-26-17)19(24)11-27-20(25)14-7-15(21)9-16(22)8-14/h6-9,17H,3-5,10-11H2,1-2H3. The second-order valence-electron chi connectivity index (χ2n) is 6.69. The monoisotopic (exact) mass is 409 g/mol. The van der Waals surface area contributed by atoms with Crippen molar-refractivity contribution in [1.82, 2.24) is 4.57 Å². The molecular weight excluding hydrogens is 389 g/mol. The molecular formula is C20H21Cl2NO4. The van der Waals surface area contributed by atoms with Crippen LogP contribution in [0.2, 0.25) is 10.0 Å². The van der Waals surface area contributed by atoms with Gasteiger partial charge >= 0.3 is 5.97 Å². The summed E-state index contributed by atoms with van der Waals surface area (Å²) in [4.78, 5) is 24.7. The van der Waals surface area contributed by atoms with E-state index < -0.39 is 5.97 Å². The van der Waals surface area contributed by atoms with Gasteiger partial charge in [0.2, 0.25) is 5.78 Å². The van der Waals surface area contributed by atoms with Gasteiger partial charge in [-0.15, -0.1) is 0 Å². The van der Waals surface area contributed by atoms with E-state index in [0.29, 0.717) is 15.6 Å². The second kappa shape index (κ2) is 8.46. The van der Waals surface area contributed by atoms with E-state index in [0.717, 1.165) is 37.4 Å². The molecule has 0 aliphatic carbocycles. The molecule has 1 aliphatic rings. The molecule has 3 rings (SSSR count). The van der Waals surface area contributed by atoms with Crippen molar-refractivity contribution in [1.29, 1.82) is 0 Å². The first-order valence-electron chi connectivity index (χ1n) is 8.80. The molecule has 0 N–H and O–H groups in total. The third kappa shape index (κ3) is 4.72. The van der Waals surface area contributed by atoms with Gasteiger partial charge in [-0.05, 0) is 51.0 Å². The van der Waals surface area contributed by atoms with E-state index in [9.17, 15) is 9.59 Å². The predicted molar refractivity (Wildman–Crippen MR) is 104 cm³/mol. The summed E-state index contributed by atoms with van der Waals surface area (Å²) in [5.74, 6) is -0.885. The minimum absolute atomic E-state index is 0.183. The second-order valence-corrected chi connectivity index (χ2v) is 7.56. The summed E-state index contributed by atoms with van der Waals surface area (Å²) in [5, 5.41) is 0.664. The zero-order valence-corrected chi connectivity index (χ0v) is 16.8. The Bertz CT molecular complexity index is 849. The number of carbonyl (C=O) groups excluding carboxylic acids is 2. The maximum atomic E-state index is 12.6. The third-order valence-electron chi connectivity index (χ3n) is 4.72. The molecule has 0 saturated carbocycles. The number of carbonyl (C=O) groups is 2. The lowest BCUT2D eigenvalue weighted by molar-refractivity contribution is 0.0474. The predicted octanol–water partition coefficient (Wildman–Crippen LogP) is 4.63. The maximum absolute atomic E-state index is 12.6. The van der Waals surface area contributed by atoms with Crippen molar-refractivity contribution in [2.24, 2.45) is 0 Å². The Morgan fingerprint density at radius 1 is 1.19 bits per heavy atom. The number of hydrogen-bond donors (Lipinski definition) is 0. The number of aryl methyl sites for hydroxylation is 1. The van der Waals surface area contributed by atoms with Gasteiger partial charge in [0.1, 0.15) is 0 Å². The molecule has 1 aromatic carbocycles. The van der Waals surface area contributed by atoms with Crippen LogP contribution in [0.15, 0.2) is 24.3 Å². The van der Waals surface area contributed by atoms with Gasteiger partial charge in [0.05, 0.1) is 11.7 Å². The number of esters is 1. The fourth-order valence-corrected chi connectivity index (χ4v) is 3.85. The van der Waals surface area contributed by atoms with E-state index in [1.165, 1.54) is 18.2 Å². The molecule has 27 heavy (non-hydrogen) atoms.